The normalized spacial score (nSPS) is 25.1. The molecule has 0 saturated heterocycles. The van der Waals surface area contributed by atoms with Crippen LogP contribution >= 0.6 is 0 Å². The molecule has 4 heteroatoms. The third kappa shape index (κ3) is 1.53. The summed E-state index contributed by atoms with van der Waals surface area (Å²) in [6.45, 7) is 6.06. The molecular weight excluding hydrogens is 186 g/mol. The van der Waals surface area contributed by atoms with Gasteiger partial charge in [-0.3, -0.25) is 4.68 Å². The summed E-state index contributed by atoms with van der Waals surface area (Å²) in [7, 11) is 0. The van der Waals surface area contributed by atoms with Crippen molar-refractivity contribution >= 4 is 0 Å². The van der Waals surface area contributed by atoms with Crippen LogP contribution in [0.1, 0.15) is 38.9 Å². The quantitative estimate of drug-likeness (QED) is 0.681. The minimum absolute atomic E-state index is 0.0712. The van der Waals surface area contributed by atoms with Crippen LogP contribution in [-0.4, -0.2) is 15.7 Å². The Labute approximate surface area is 81.9 Å². The first-order valence-corrected chi connectivity index (χ1v) is 4.74. The van der Waals surface area contributed by atoms with Crippen LogP contribution < -0.4 is 0 Å². The van der Waals surface area contributed by atoms with E-state index in [1.165, 1.54) is 4.68 Å². The second-order valence-corrected chi connectivity index (χ2v) is 4.91. The van der Waals surface area contributed by atoms with Gasteiger partial charge in [-0.25, -0.2) is 8.78 Å². The molecule has 14 heavy (non-hydrogen) atoms. The van der Waals surface area contributed by atoms with Gasteiger partial charge >= 0.3 is 0 Å². The number of nitrogens with zero attached hydrogens (tertiary/aromatic N) is 2. The van der Waals surface area contributed by atoms with E-state index in [9.17, 15) is 8.78 Å². The van der Waals surface area contributed by atoms with Gasteiger partial charge in [0, 0.05) is 18.0 Å². The van der Waals surface area contributed by atoms with E-state index in [1.54, 1.807) is 6.20 Å². The number of halogens is 2. The van der Waals surface area contributed by atoms with Crippen molar-refractivity contribution in [2.45, 2.75) is 44.6 Å². The second kappa shape index (κ2) is 2.55. The molecule has 1 fully saturated rings. The van der Waals surface area contributed by atoms with Gasteiger partial charge in [-0.2, -0.15) is 5.10 Å². The maximum Gasteiger partial charge on any atom is 0.272 e. The zero-order valence-electron chi connectivity index (χ0n) is 8.59. The Kier molecular flexibility index (Phi) is 1.75. The largest absolute Gasteiger partial charge is 0.272 e. The molecule has 0 amide bonds. The predicted octanol–water partition coefficient (Wildman–Crippen LogP) is 2.76. The topological polar surface area (TPSA) is 17.8 Å². The first-order valence-electron chi connectivity index (χ1n) is 4.74. The molecule has 0 aromatic carbocycles. The molecule has 0 N–H and O–H groups in total. The maximum absolute atomic E-state index is 12.7. The van der Waals surface area contributed by atoms with Gasteiger partial charge in [-0.05, 0) is 6.07 Å². The predicted molar refractivity (Wildman–Crippen MR) is 49.5 cm³/mol. The van der Waals surface area contributed by atoms with Crippen LogP contribution in [0.3, 0.4) is 0 Å². The summed E-state index contributed by atoms with van der Waals surface area (Å²) in [4.78, 5) is 0. The zero-order chi connectivity index (χ0) is 10.6. The van der Waals surface area contributed by atoms with E-state index in [4.69, 9.17) is 0 Å². The molecule has 1 aliphatic rings. The number of aromatic nitrogens is 2. The Balaban J connectivity index is 2.20. The van der Waals surface area contributed by atoms with E-state index in [2.05, 4.69) is 5.10 Å². The Bertz CT molecular complexity index is 349. The van der Waals surface area contributed by atoms with Gasteiger partial charge in [0.25, 0.3) is 5.92 Å². The molecule has 0 spiro atoms. The monoisotopic (exact) mass is 200 g/mol. The van der Waals surface area contributed by atoms with E-state index >= 15 is 0 Å². The highest BCUT2D eigenvalue weighted by atomic mass is 19.3. The van der Waals surface area contributed by atoms with Crippen molar-refractivity contribution in [2.24, 2.45) is 0 Å². The summed E-state index contributed by atoms with van der Waals surface area (Å²) in [6.07, 6.45) is 1.57. The SMILES string of the molecule is CC(C)(C)c1ccn(C2CC2(F)F)n1. The third-order valence-corrected chi connectivity index (χ3v) is 2.49. The van der Waals surface area contributed by atoms with Crippen molar-refractivity contribution in [1.29, 1.82) is 0 Å². The molecule has 0 bridgehead atoms. The summed E-state index contributed by atoms with van der Waals surface area (Å²) >= 11 is 0. The van der Waals surface area contributed by atoms with Crippen molar-refractivity contribution in [3.63, 3.8) is 0 Å². The van der Waals surface area contributed by atoms with Crippen LogP contribution in [0.4, 0.5) is 8.78 Å². The van der Waals surface area contributed by atoms with Gasteiger partial charge in [0.1, 0.15) is 6.04 Å². The lowest BCUT2D eigenvalue weighted by atomic mass is 9.93. The van der Waals surface area contributed by atoms with Crippen LogP contribution in [0.5, 0.6) is 0 Å². The molecule has 2 rings (SSSR count). The second-order valence-electron chi connectivity index (χ2n) is 4.91. The van der Waals surface area contributed by atoms with Crippen LogP contribution in [0.25, 0.3) is 0 Å². The molecule has 1 heterocycles. The summed E-state index contributed by atoms with van der Waals surface area (Å²) in [5, 5.41) is 4.18. The molecule has 78 valence electrons. The lowest BCUT2D eigenvalue weighted by molar-refractivity contribution is 0.0981. The fraction of sp³-hybridized carbons (Fsp3) is 0.700. The lowest BCUT2D eigenvalue weighted by Crippen LogP contribution is -2.13. The fourth-order valence-corrected chi connectivity index (χ4v) is 1.40. The third-order valence-electron chi connectivity index (χ3n) is 2.49. The van der Waals surface area contributed by atoms with Crippen molar-refractivity contribution in [1.82, 2.24) is 9.78 Å². The standard InChI is InChI=1S/C10H14F2N2/c1-9(2,3)7-4-5-14(13-7)8-6-10(8,11)12/h4-5,8H,6H2,1-3H3. The molecule has 1 saturated carbocycles. The number of alkyl halides is 2. The molecule has 2 nitrogen and oxygen atoms in total. The van der Waals surface area contributed by atoms with Crippen molar-refractivity contribution in [3.8, 4) is 0 Å². The van der Waals surface area contributed by atoms with E-state index < -0.39 is 12.0 Å². The maximum atomic E-state index is 12.7. The Morgan fingerprint density at radius 2 is 2.07 bits per heavy atom. The van der Waals surface area contributed by atoms with Gasteiger partial charge in [-0.15, -0.1) is 0 Å². The first kappa shape index (κ1) is 9.62. The van der Waals surface area contributed by atoms with Crippen molar-refractivity contribution in [3.05, 3.63) is 18.0 Å². The van der Waals surface area contributed by atoms with E-state index in [0.717, 1.165) is 5.69 Å². The van der Waals surface area contributed by atoms with Crippen LogP contribution in [0, 0.1) is 0 Å². The molecule has 0 aliphatic heterocycles. The number of rotatable bonds is 1. The Morgan fingerprint density at radius 1 is 1.50 bits per heavy atom. The van der Waals surface area contributed by atoms with Crippen molar-refractivity contribution in [2.75, 3.05) is 0 Å². The minimum Gasteiger partial charge on any atom is -0.263 e. The Hall–Kier alpha value is -0.930. The molecular formula is C10H14F2N2. The van der Waals surface area contributed by atoms with Crippen LogP contribution in [0.2, 0.25) is 0 Å². The molecule has 1 atom stereocenters. The van der Waals surface area contributed by atoms with E-state index in [-0.39, 0.29) is 11.8 Å². The molecule has 1 aromatic rings. The average Bonchev–Trinajstić information content (AvgIpc) is 2.48. The highest BCUT2D eigenvalue weighted by Gasteiger charge is 2.59. The van der Waals surface area contributed by atoms with Crippen molar-refractivity contribution < 1.29 is 8.78 Å². The fourth-order valence-electron chi connectivity index (χ4n) is 1.40. The van der Waals surface area contributed by atoms with Gasteiger partial charge in [0.15, 0.2) is 0 Å². The highest BCUT2D eigenvalue weighted by molar-refractivity contribution is 5.13. The smallest absolute Gasteiger partial charge is 0.263 e. The number of hydrogen-bond donors (Lipinski definition) is 0. The van der Waals surface area contributed by atoms with Gasteiger partial charge in [-0.1, -0.05) is 20.8 Å². The molecule has 1 aromatic heterocycles. The first-order chi connectivity index (χ1) is 6.31. The lowest BCUT2D eigenvalue weighted by Gasteiger charge is -2.14. The minimum atomic E-state index is -2.54. The Morgan fingerprint density at radius 3 is 2.43 bits per heavy atom. The van der Waals surface area contributed by atoms with Crippen LogP contribution in [-0.2, 0) is 5.41 Å². The molecule has 1 aliphatic carbocycles. The van der Waals surface area contributed by atoms with Crippen LogP contribution in [0.15, 0.2) is 12.3 Å². The zero-order valence-corrected chi connectivity index (χ0v) is 8.59. The van der Waals surface area contributed by atoms with Gasteiger partial charge < -0.3 is 0 Å². The van der Waals surface area contributed by atoms with Gasteiger partial charge in [0.2, 0.25) is 0 Å². The summed E-state index contributed by atoms with van der Waals surface area (Å²) in [6, 6.07) is 1.10. The highest BCUT2D eigenvalue weighted by Crippen LogP contribution is 2.52. The average molecular weight is 200 g/mol. The molecule has 1 unspecified atom stereocenters. The number of hydrogen-bond acceptors (Lipinski definition) is 1. The van der Waals surface area contributed by atoms with Gasteiger partial charge in [0.05, 0.1) is 5.69 Å². The van der Waals surface area contributed by atoms with E-state index in [1.807, 2.05) is 26.8 Å². The summed E-state index contributed by atoms with van der Waals surface area (Å²) in [5.74, 6) is -2.54. The summed E-state index contributed by atoms with van der Waals surface area (Å²) in [5.41, 5.74) is 0.787. The van der Waals surface area contributed by atoms with E-state index in [0.29, 0.717) is 0 Å². The molecule has 0 radical (unpaired) electrons. The summed E-state index contributed by atoms with van der Waals surface area (Å²) < 4.78 is 26.8.